The van der Waals surface area contributed by atoms with Crippen molar-refractivity contribution in [1.82, 2.24) is 5.43 Å². The van der Waals surface area contributed by atoms with Crippen molar-refractivity contribution >= 4 is 29.2 Å². The van der Waals surface area contributed by atoms with Crippen LogP contribution in [0.25, 0.3) is 0 Å². The Morgan fingerprint density at radius 1 is 1.08 bits per heavy atom. The zero-order chi connectivity index (χ0) is 17.0. The van der Waals surface area contributed by atoms with Crippen LogP contribution >= 0.6 is 12.2 Å². The van der Waals surface area contributed by atoms with Gasteiger partial charge in [0.15, 0.2) is 5.11 Å². The minimum atomic E-state index is 0.443. The van der Waals surface area contributed by atoms with Crippen molar-refractivity contribution < 1.29 is 4.74 Å². The van der Waals surface area contributed by atoms with Crippen molar-refractivity contribution in [3.8, 4) is 5.75 Å². The summed E-state index contributed by atoms with van der Waals surface area (Å²) in [6.45, 7) is 2.90. The van der Waals surface area contributed by atoms with E-state index in [1.54, 1.807) is 6.21 Å². The SMILES string of the molecule is CCCCCOc1ccccc1C=NNC(=S)Nc1ccccc1. The summed E-state index contributed by atoms with van der Waals surface area (Å²) in [6, 6.07) is 17.6. The summed E-state index contributed by atoms with van der Waals surface area (Å²) in [5, 5.41) is 7.69. The first kappa shape index (κ1) is 17.9. The predicted octanol–water partition coefficient (Wildman–Crippen LogP) is 4.58. The van der Waals surface area contributed by atoms with Crippen molar-refractivity contribution in [2.75, 3.05) is 11.9 Å². The number of hydrogen-bond acceptors (Lipinski definition) is 3. The lowest BCUT2D eigenvalue weighted by molar-refractivity contribution is 0.306. The molecule has 2 aromatic rings. The second kappa shape index (κ2) is 10.4. The fourth-order valence-electron chi connectivity index (χ4n) is 2.09. The van der Waals surface area contributed by atoms with E-state index in [1.165, 1.54) is 12.8 Å². The maximum Gasteiger partial charge on any atom is 0.191 e. The normalized spacial score (nSPS) is 10.5. The molecule has 2 aromatic carbocycles. The van der Waals surface area contributed by atoms with Crippen LogP contribution in [0.2, 0.25) is 0 Å². The molecule has 4 nitrogen and oxygen atoms in total. The van der Waals surface area contributed by atoms with Gasteiger partial charge >= 0.3 is 0 Å². The van der Waals surface area contributed by atoms with Crippen LogP contribution in [0.1, 0.15) is 31.7 Å². The molecule has 0 heterocycles. The zero-order valence-electron chi connectivity index (χ0n) is 13.9. The smallest absolute Gasteiger partial charge is 0.191 e. The van der Waals surface area contributed by atoms with Crippen molar-refractivity contribution in [1.29, 1.82) is 0 Å². The molecule has 0 fully saturated rings. The Kier molecular flexibility index (Phi) is 7.77. The highest BCUT2D eigenvalue weighted by molar-refractivity contribution is 7.80. The number of nitrogens with one attached hydrogen (secondary N) is 2. The molecule has 0 aliphatic rings. The average molecular weight is 341 g/mol. The Morgan fingerprint density at radius 3 is 2.62 bits per heavy atom. The highest BCUT2D eigenvalue weighted by Gasteiger charge is 2.00. The minimum absolute atomic E-state index is 0.443. The molecule has 2 N–H and O–H groups in total. The van der Waals surface area contributed by atoms with Crippen LogP contribution in [0.15, 0.2) is 59.7 Å². The number of para-hydroxylation sites is 2. The lowest BCUT2D eigenvalue weighted by atomic mass is 10.2. The summed E-state index contributed by atoms with van der Waals surface area (Å²) in [5.41, 5.74) is 4.66. The van der Waals surface area contributed by atoms with Crippen molar-refractivity contribution in [2.45, 2.75) is 26.2 Å². The average Bonchev–Trinajstić information content (AvgIpc) is 2.61. The molecule has 0 aromatic heterocycles. The van der Waals surface area contributed by atoms with Gasteiger partial charge < -0.3 is 10.1 Å². The molecule has 0 saturated carbocycles. The van der Waals surface area contributed by atoms with Gasteiger partial charge in [-0.15, -0.1) is 0 Å². The summed E-state index contributed by atoms with van der Waals surface area (Å²) in [6.07, 6.45) is 5.14. The Hall–Kier alpha value is -2.40. The van der Waals surface area contributed by atoms with E-state index in [0.29, 0.717) is 5.11 Å². The number of benzene rings is 2. The highest BCUT2D eigenvalue weighted by atomic mass is 32.1. The van der Waals surface area contributed by atoms with E-state index >= 15 is 0 Å². The monoisotopic (exact) mass is 341 g/mol. The molecule has 126 valence electrons. The molecular weight excluding hydrogens is 318 g/mol. The largest absolute Gasteiger partial charge is 0.493 e. The lowest BCUT2D eigenvalue weighted by Gasteiger charge is -2.09. The summed E-state index contributed by atoms with van der Waals surface area (Å²) >= 11 is 5.22. The van der Waals surface area contributed by atoms with E-state index < -0.39 is 0 Å². The van der Waals surface area contributed by atoms with Crippen molar-refractivity contribution in [3.05, 3.63) is 60.2 Å². The molecule has 0 aliphatic carbocycles. The first-order valence-corrected chi connectivity index (χ1v) is 8.57. The summed E-state index contributed by atoms with van der Waals surface area (Å²) in [5.74, 6) is 0.834. The highest BCUT2D eigenvalue weighted by Crippen LogP contribution is 2.16. The van der Waals surface area contributed by atoms with E-state index in [9.17, 15) is 0 Å². The molecule has 0 spiro atoms. The van der Waals surface area contributed by atoms with Crippen LogP contribution in [0.5, 0.6) is 5.75 Å². The van der Waals surface area contributed by atoms with Crippen LogP contribution in [0, 0.1) is 0 Å². The number of unbranched alkanes of at least 4 members (excludes halogenated alkanes) is 2. The fourth-order valence-corrected chi connectivity index (χ4v) is 2.26. The van der Waals surface area contributed by atoms with Crippen LogP contribution in [0.3, 0.4) is 0 Å². The Bertz CT molecular complexity index is 659. The number of nitrogens with zero attached hydrogens (tertiary/aromatic N) is 1. The molecule has 0 atom stereocenters. The van der Waals surface area contributed by atoms with Gasteiger partial charge in [0.1, 0.15) is 5.75 Å². The van der Waals surface area contributed by atoms with Crippen LogP contribution in [-0.2, 0) is 0 Å². The van der Waals surface area contributed by atoms with Crippen LogP contribution in [0.4, 0.5) is 5.69 Å². The molecule has 0 saturated heterocycles. The lowest BCUT2D eigenvalue weighted by Crippen LogP contribution is -2.23. The first-order chi connectivity index (χ1) is 11.8. The summed E-state index contributed by atoms with van der Waals surface area (Å²) < 4.78 is 5.82. The number of anilines is 1. The fraction of sp³-hybridized carbons (Fsp3) is 0.263. The predicted molar refractivity (Wildman–Crippen MR) is 105 cm³/mol. The molecule has 0 unspecified atom stereocenters. The number of thiocarbonyl (C=S) groups is 1. The standard InChI is InChI=1S/C19H23N3OS/c1-2-3-9-14-23-18-13-8-7-10-16(18)15-20-22-19(24)21-17-11-5-4-6-12-17/h4-8,10-13,15H,2-3,9,14H2,1H3,(H2,21,22,24). The maximum atomic E-state index is 5.82. The summed E-state index contributed by atoms with van der Waals surface area (Å²) in [7, 11) is 0. The topological polar surface area (TPSA) is 45.6 Å². The van der Waals surface area contributed by atoms with Gasteiger partial charge in [0.2, 0.25) is 0 Å². The van der Waals surface area contributed by atoms with Gasteiger partial charge in [-0.1, -0.05) is 50.1 Å². The Labute approximate surface area is 148 Å². The second-order valence-electron chi connectivity index (χ2n) is 5.28. The zero-order valence-corrected chi connectivity index (χ0v) is 14.7. The third-order valence-electron chi connectivity index (χ3n) is 3.33. The maximum absolute atomic E-state index is 5.82. The van der Waals surface area contributed by atoms with Gasteiger partial charge in [-0.2, -0.15) is 5.10 Å². The van der Waals surface area contributed by atoms with Crippen molar-refractivity contribution in [2.24, 2.45) is 5.10 Å². The van der Waals surface area contributed by atoms with E-state index in [2.05, 4.69) is 22.8 Å². The van der Waals surface area contributed by atoms with Gasteiger partial charge in [0.05, 0.1) is 12.8 Å². The second-order valence-corrected chi connectivity index (χ2v) is 5.69. The Morgan fingerprint density at radius 2 is 1.83 bits per heavy atom. The number of hydrogen-bond donors (Lipinski definition) is 2. The molecule has 0 bridgehead atoms. The van der Waals surface area contributed by atoms with Crippen LogP contribution < -0.4 is 15.5 Å². The van der Waals surface area contributed by atoms with E-state index in [0.717, 1.165) is 30.0 Å². The van der Waals surface area contributed by atoms with Crippen LogP contribution in [-0.4, -0.2) is 17.9 Å². The summed E-state index contributed by atoms with van der Waals surface area (Å²) in [4.78, 5) is 0. The van der Waals surface area contributed by atoms with Gasteiger partial charge in [-0.25, -0.2) is 0 Å². The van der Waals surface area contributed by atoms with E-state index in [-0.39, 0.29) is 0 Å². The molecule has 0 amide bonds. The molecule has 24 heavy (non-hydrogen) atoms. The first-order valence-electron chi connectivity index (χ1n) is 8.16. The van der Waals surface area contributed by atoms with Gasteiger partial charge in [-0.05, 0) is 42.9 Å². The number of ether oxygens (including phenoxy) is 1. The van der Waals surface area contributed by atoms with Gasteiger partial charge in [0.25, 0.3) is 0 Å². The number of rotatable bonds is 8. The molecule has 2 rings (SSSR count). The Balaban J connectivity index is 1.86. The van der Waals surface area contributed by atoms with Gasteiger partial charge in [-0.3, -0.25) is 5.43 Å². The van der Waals surface area contributed by atoms with Gasteiger partial charge in [0, 0.05) is 11.3 Å². The van der Waals surface area contributed by atoms with Crippen molar-refractivity contribution in [3.63, 3.8) is 0 Å². The number of hydrazone groups is 1. The molecule has 0 radical (unpaired) electrons. The minimum Gasteiger partial charge on any atom is -0.493 e. The molecular formula is C19H23N3OS. The van der Waals surface area contributed by atoms with E-state index in [1.807, 2.05) is 54.6 Å². The molecule has 5 heteroatoms. The quantitative estimate of drug-likeness (QED) is 0.319. The third-order valence-corrected chi connectivity index (χ3v) is 3.52. The van der Waals surface area contributed by atoms with E-state index in [4.69, 9.17) is 17.0 Å². The third kappa shape index (κ3) is 6.38. The molecule has 0 aliphatic heterocycles.